The fourth-order valence-electron chi connectivity index (χ4n) is 5.28. The van der Waals surface area contributed by atoms with Gasteiger partial charge in [-0.25, -0.2) is 0 Å². The van der Waals surface area contributed by atoms with Gasteiger partial charge in [0.2, 0.25) is 5.91 Å². The van der Waals surface area contributed by atoms with E-state index in [4.69, 9.17) is 19.2 Å². The van der Waals surface area contributed by atoms with Crippen molar-refractivity contribution in [3.05, 3.63) is 53.1 Å². The van der Waals surface area contributed by atoms with Crippen molar-refractivity contribution in [2.75, 3.05) is 60.1 Å². The molecule has 2 saturated heterocycles. The molecule has 9 heteroatoms. The van der Waals surface area contributed by atoms with E-state index in [1.165, 1.54) is 6.42 Å². The molecule has 0 saturated carbocycles. The average molecular weight is 535 g/mol. The number of fused-ring (bicyclic) bond motifs is 2. The Kier molecular flexibility index (Phi) is 8.81. The highest BCUT2D eigenvalue weighted by Gasteiger charge is 2.26. The van der Waals surface area contributed by atoms with E-state index in [2.05, 4.69) is 16.8 Å². The van der Waals surface area contributed by atoms with E-state index < -0.39 is 0 Å². The summed E-state index contributed by atoms with van der Waals surface area (Å²) in [4.78, 5) is 23.7. The van der Waals surface area contributed by atoms with Gasteiger partial charge in [-0.3, -0.25) is 14.7 Å². The molecule has 208 valence electrons. The molecular formula is C30H38N4O5. The van der Waals surface area contributed by atoms with Crippen LogP contribution in [0.15, 0.2) is 41.4 Å². The molecule has 9 nitrogen and oxygen atoms in total. The van der Waals surface area contributed by atoms with Crippen molar-refractivity contribution >= 4 is 23.9 Å². The number of aliphatic hydroxyl groups is 1. The van der Waals surface area contributed by atoms with Gasteiger partial charge in [0.15, 0.2) is 11.5 Å². The molecule has 3 heterocycles. The van der Waals surface area contributed by atoms with Gasteiger partial charge in [-0.1, -0.05) is 6.07 Å². The minimum atomic E-state index is -0.100. The zero-order valence-corrected chi connectivity index (χ0v) is 22.8. The first-order valence-corrected chi connectivity index (χ1v) is 13.7. The molecule has 1 amide bonds. The van der Waals surface area contributed by atoms with Crippen molar-refractivity contribution in [2.45, 2.75) is 32.0 Å². The predicted octanol–water partition coefficient (Wildman–Crippen LogP) is 3.11. The smallest absolute Gasteiger partial charge is 0.246 e. The SMILES string of the molecule is COc1cc(C=CC(=O)N2CCN(C)CC2)ccc1OCCOc1cc2c(cc1CO)CN1CCC[C@H]1C=N2. The molecule has 0 aliphatic carbocycles. The first-order chi connectivity index (χ1) is 19.0. The first-order valence-electron chi connectivity index (χ1n) is 13.7. The van der Waals surface area contributed by atoms with E-state index in [1.54, 1.807) is 19.3 Å². The lowest BCUT2D eigenvalue weighted by atomic mass is 10.1. The number of aliphatic hydroxyl groups excluding tert-OH is 1. The Morgan fingerprint density at radius 3 is 2.62 bits per heavy atom. The minimum absolute atomic E-state index is 0.0191. The summed E-state index contributed by atoms with van der Waals surface area (Å²) in [6, 6.07) is 9.90. The predicted molar refractivity (Wildman–Crippen MR) is 151 cm³/mol. The Morgan fingerprint density at radius 2 is 1.85 bits per heavy atom. The Bertz CT molecular complexity index is 1220. The molecule has 3 aliphatic rings. The molecule has 0 radical (unpaired) electrons. The molecule has 1 N–H and O–H groups in total. The molecule has 0 aromatic heterocycles. The second kappa shape index (κ2) is 12.6. The summed E-state index contributed by atoms with van der Waals surface area (Å²) in [5.74, 6) is 1.82. The Balaban J connectivity index is 1.16. The van der Waals surface area contributed by atoms with Crippen LogP contribution in [0.25, 0.3) is 6.08 Å². The van der Waals surface area contributed by atoms with Gasteiger partial charge in [-0.15, -0.1) is 0 Å². The zero-order valence-electron chi connectivity index (χ0n) is 22.8. The zero-order chi connectivity index (χ0) is 27.2. The quantitative estimate of drug-likeness (QED) is 0.391. The van der Waals surface area contributed by atoms with Crippen LogP contribution in [0.2, 0.25) is 0 Å². The van der Waals surface area contributed by atoms with Gasteiger partial charge in [0.05, 0.1) is 19.4 Å². The molecule has 0 unspecified atom stereocenters. The van der Waals surface area contributed by atoms with Crippen molar-refractivity contribution in [3.63, 3.8) is 0 Å². The van der Waals surface area contributed by atoms with Crippen LogP contribution < -0.4 is 14.2 Å². The summed E-state index contributed by atoms with van der Waals surface area (Å²) >= 11 is 0. The number of hydrogen-bond acceptors (Lipinski definition) is 8. The summed E-state index contributed by atoms with van der Waals surface area (Å²) < 4.78 is 17.5. The minimum Gasteiger partial charge on any atom is -0.493 e. The van der Waals surface area contributed by atoms with Gasteiger partial charge in [-0.05, 0) is 61.8 Å². The number of rotatable bonds is 9. The molecule has 1 atom stereocenters. The number of amides is 1. The summed E-state index contributed by atoms with van der Waals surface area (Å²) in [5.41, 5.74) is 3.62. The number of hydrogen-bond donors (Lipinski definition) is 1. The third kappa shape index (κ3) is 6.61. The van der Waals surface area contributed by atoms with Crippen molar-refractivity contribution in [3.8, 4) is 17.2 Å². The van der Waals surface area contributed by atoms with Crippen LogP contribution in [-0.4, -0.2) is 98.1 Å². The number of aliphatic imine (C=N–C) groups is 1. The van der Waals surface area contributed by atoms with E-state index in [0.717, 1.165) is 68.1 Å². The van der Waals surface area contributed by atoms with Crippen molar-refractivity contribution in [1.29, 1.82) is 0 Å². The van der Waals surface area contributed by atoms with Crippen LogP contribution in [0.4, 0.5) is 5.69 Å². The average Bonchev–Trinajstić information content (AvgIpc) is 3.33. The monoisotopic (exact) mass is 534 g/mol. The lowest BCUT2D eigenvalue weighted by Gasteiger charge is -2.31. The standard InChI is InChI=1S/C30H38N4O5/c1-32-10-12-33(13-11-32)30(36)8-6-22-5-7-27(29(16-22)37-2)38-14-15-39-28-18-26-23(17-24(28)21-35)20-34-9-3-4-25(34)19-31-26/h5-8,16-19,25,35H,3-4,9-15,20-21H2,1-2H3/t25-/m0/s1. The number of carbonyl (C=O) groups is 1. The topological polar surface area (TPSA) is 87.1 Å². The summed E-state index contributed by atoms with van der Waals surface area (Å²) in [6.07, 6.45) is 7.79. The molecular weight excluding hydrogens is 496 g/mol. The first kappa shape index (κ1) is 27.2. The van der Waals surface area contributed by atoms with E-state index in [9.17, 15) is 9.90 Å². The molecule has 2 aromatic rings. The van der Waals surface area contributed by atoms with Crippen LogP contribution >= 0.6 is 0 Å². The molecule has 0 bridgehead atoms. The number of likely N-dealkylation sites (N-methyl/N-ethyl adjacent to an activating group) is 1. The molecule has 39 heavy (non-hydrogen) atoms. The van der Waals surface area contributed by atoms with E-state index in [-0.39, 0.29) is 12.5 Å². The van der Waals surface area contributed by atoms with Gasteiger partial charge >= 0.3 is 0 Å². The summed E-state index contributed by atoms with van der Waals surface area (Å²) in [5, 5.41) is 9.96. The number of nitrogens with zero attached hydrogens (tertiary/aromatic N) is 4. The summed E-state index contributed by atoms with van der Waals surface area (Å²) in [6.45, 7) is 5.69. The third-order valence-electron chi connectivity index (χ3n) is 7.62. The van der Waals surface area contributed by atoms with Crippen molar-refractivity contribution in [2.24, 2.45) is 4.99 Å². The van der Waals surface area contributed by atoms with Gasteiger partial charge < -0.3 is 29.1 Å². The van der Waals surface area contributed by atoms with Crippen molar-refractivity contribution in [1.82, 2.24) is 14.7 Å². The molecule has 3 aliphatic heterocycles. The van der Waals surface area contributed by atoms with Gasteiger partial charge in [0.1, 0.15) is 19.0 Å². The van der Waals surface area contributed by atoms with Crippen LogP contribution in [0, 0.1) is 0 Å². The fourth-order valence-corrected chi connectivity index (χ4v) is 5.28. The third-order valence-corrected chi connectivity index (χ3v) is 7.62. The molecule has 2 aromatic carbocycles. The van der Waals surface area contributed by atoms with Gasteiger partial charge in [0, 0.05) is 62.7 Å². The van der Waals surface area contributed by atoms with Crippen LogP contribution in [-0.2, 0) is 17.9 Å². The number of benzene rings is 2. The molecule has 5 rings (SSSR count). The number of piperazine rings is 1. The maximum Gasteiger partial charge on any atom is 0.246 e. The second-order valence-electron chi connectivity index (χ2n) is 10.3. The van der Waals surface area contributed by atoms with Crippen LogP contribution in [0.1, 0.15) is 29.5 Å². The van der Waals surface area contributed by atoms with E-state index >= 15 is 0 Å². The van der Waals surface area contributed by atoms with E-state index in [1.807, 2.05) is 41.4 Å². The maximum absolute atomic E-state index is 12.5. The Hall–Kier alpha value is -3.40. The van der Waals surface area contributed by atoms with Crippen molar-refractivity contribution < 1.29 is 24.1 Å². The Morgan fingerprint density at radius 1 is 1.05 bits per heavy atom. The Labute approximate surface area is 230 Å². The number of carbonyl (C=O) groups excluding carboxylic acids is 1. The molecule has 2 fully saturated rings. The highest BCUT2D eigenvalue weighted by atomic mass is 16.5. The number of methoxy groups -OCH3 is 1. The van der Waals surface area contributed by atoms with Gasteiger partial charge in [0.25, 0.3) is 0 Å². The highest BCUT2D eigenvalue weighted by Crippen LogP contribution is 2.34. The fraction of sp³-hybridized carbons (Fsp3) is 0.467. The second-order valence-corrected chi connectivity index (χ2v) is 10.3. The van der Waals surface area contributed by atoms with Crippen LogP contribution in [0.5, 0.6) is 17.2 Å². The maximum atomic E-state index is 12.5. The summed E-state index contributed by atoms with van der Waals surface area (Å²) in [7, 11) is 3.66. The largest absolute Gasteiger partial charge is 0.493 e. The van der Waals surface area contributed by atoms with E-state index in [0.29, 0.717) is 36.5 Å². The normalized spacial score (nSPS) is 19.6. The number of ether oxygens (including phenoxy) is 3. The molecule has 0 spiro atoms. The lowest BCUT2D eigenvalue weighted by molar-refractivity contribution is -0.127. The van der Waals surface area contributed by atoms with Gasteiger partial charge in [-0.2, -0.15) is 0 Å². The highest BCUT2D eigenvalue weighted by molar-refractivity contribution is 5.92. The lowest BCUT2D eigenvalue weighted by Crippen LogP contribution is -2.46. The van der Waals surface area contributed by atoms with Crippen LogP contribution in [0.3, 0.4) is 0 Å².